The summed E-state index contributed by atoms with van der Waals surface area (Å²) in [7, 11) is 1.96. The van der Waals surface area contributed by atoms with Crippen LogP contribution in [-0.2, 0) is 24.7 Å². The van der Waals surface area contributed by atoms with E-state index in [1.807, 2.05) is 11.7 Å². The van der Waals surface area contributed by atoms with E-state index in [0.717, 1.165) is 25.0 Å². The average molecular weight is 451 g/mol. The fraction of sp³-hybridized carbons (Fsp3) is 0.522. The third kappa shape index (κ3) is 3.78. The molecule has 33 heavy (non-hydrogen) atoms. The van der Waals surface area contributed by atoms with Gasteiger partial charge in [-0.15, -0.1) is 0 Å². The number of aryl methyl sites for hydroxylation is 1. The van der Waals surface area contributed by atoms with Crippen molar-refractivity contribution in [3.63, 3.8) is 0 Å². The highest BCUT2D eigenvalue weighted by Gasteiger charge is 2.33. The van der Waals surface area contributed by atoms with Crippen molar-refractivity contribution in [2.75, 3.05) is 13.1 Å². The first kappa shape index (κ1) is 21.6. The van der Waals surface area contributed by atoms with Gasteiger partial charge in [-0.05, 0) is 31.6 Å². The zero-order valence-electron chi connectivity index (χ0n) is 19.5. The first-order chi connectivity index (χ1) is 15.6. The Hall–Kier alpha value is -3.27. The number of nitrogens with one attached hydrogen (secondary N) is 2. The quantitative estimate of drug-likeness (QED) is 0.546. The molecule has 1 fully saturated rings. The maximum atomic E-state index is 13.0. The zero-order valence-corrected chi connectivity index (χ0v) is 19.5. The Morgan fingerprint density at radius 1 is 1.33 bits per heavy atom. The van der Waals surface area contributed by atoms with Crippen LogP contribution < -0.4 is 11.1 Å². The lowest BCUT2D eigenvalue weighted by Gasteiger charge is -2.38. The number of nitrogens with two attached hydrogens (primary N) is 1. The van der Waals surface area contributed by atoms with E-state index in [-0.39, 0.29) is 23.3 Å². The number of carbonyl (C=O) groups excluding carboxylic acids is 2. The van der Waals surface area contributed by atoms with Crippen LogP contribution in [0.5, 0.6) is 0 Å². The number of aromatic nitrogens is 5. The molecule has 1 aliphatic heterocycles. The molecule has 3 aromatic rings. The van der Waals surface area contributed by atoms with Crippen molar-refractivity contribution in [3.05, 3.63) is 29.2 Å². The molecule has 5 rings (SSSR count). The minimum absolute atomic E-state index is 0.0158. The molecule has 0 bridgehead atoms. The van der Waals surface area contributed by atoms with Crippen LogP contribution in [-0.4, -0.2) is 66.6 Å². The van der Waals surface area contributed by atoms with Gasteiger partial charge in [0.05, 0.1) is 11.8 Å². The minimum Gasteiger partial charge on any atom is -0.344 e. The van der Waals surface area contributed by atoms with Crippen LogP contribution in [0.25, 0.3) is 22.6 Å². The molecule has 4 N–H and O–H groups in total. The normalized spacial score (nSPS) is 18.6. The number of carbonyl (C=O) groups is 2. The zero-order chi connectivity index (χ0) is 23.5. The van der Waals surface area contributed by atoms with Crippen molar-refractivity contribution in [2.45, 2.75) is 52.1 Å². The van der Waals surface area contributed by atoms with Crippen LogP contribution in [0.3, 0.4) is 0 Å². The number of rotatable bonds is 4. The smallest absolute Gasteiger partial charge is 0.255 e. The van der Waals surface area contributed by atoms with E-state index in [2.05, 4.69) is 29.1 Å². The molecule has 1 saturated heterocycles. The predicted molar refractivity (Wildman–Crippen MR) is 123 cm³/mol. The minimum atomic E-state index is -0.656. The molecule has 0 radical (unpaired) electrons. The average Bonchev–Trinajstić information content (AvgIpc) is 3.30. The predicted octanol–water partition coefficient (Wildman–Crippen LogP) is 1.16. The van der Waals surface area contributed by atoms with Crippen molar-refractivity contribution in [1.82, 2.24) is 34.9 Å². The Balaban J connectivity index is 1.43. The second kappa shape index (κ2) is 7.65. The van der Waals surface area contributed by atoms with Crippen LogP contribution in [0.2, 0.25) is 0 Å². The van der Waals surface area contributed by atoms with Gasteiger partial charge in [-0.3, -0.25) is 14.3 Å². The first-order valence-corrected chi connectivity index (χ1v) is 11.4. The second-order valence-corrected chi connectivity index (χ2v) is 10.1. The van der Waals surface area contributed by atoms with Gasteiger partial charge >= 0.3 is 0 Å². The van der Waals surface area contributed by atoms with Crippen molar-refractivity contribution >= 4 is 23.0 Å². The molecule has 1 aliphatic carbocycles. The number of fused-ring (bicyclic) bond motifs is 2. The summed E-state index contributed by atoms with van der Waals surface area (Å²) in [5.41, 5.74) is 11.2. The number of amides is 2. The van der Waals surface area contributed by atoms with Gasteiger partial charge in [-0.1, -0.05) is 13.8 Å². The van der Waals surface area contributed by atoms with E-state index in [1.54, 1.807) is 24.2 Å². The lowest BCUT2D eigenvalue weighted by molar-refractivity contribution is -0.137. The van der Waals surface area contributed by atoms with Crippen LogP contribution in [0.4, 0.5) is 0 Å². The molecule has 0 saturated carbocycles. The summed E-state index contributed by atoms with van der Waals surface area (Å²) >= 11 is 0. The van der Waals surface area contributed by atoms with Crippen LogP contribution in [0.1, 0.15) is 48.8 Å². The standard InChI is InChI=1S/C23H30N8O2/c1-12(22(33)31-10-13(24)11-31)27-21(32)15-8-25-20-19(15)28-16(9-26-20)18-14-7-23(2,3)6-5-17(14)30(4)29-18/h8-9,12-13H,5-7,10-11,24H2,1-4H3,(H,25,26)(H,27,32)/t12-/m1/s1. The summed E-state index contributed by atoms with van der Waals surface area (Å²) in [5.74, 6) is -0.512. The molecule has 4 heterocycles. The maximum absolute atomic E-state index is 13.0. The Morgan fingerprint density at radius 2 is 2.09 bits per heavy atom. The molecular formula is C23H30N8O2. The highest BCUT2D eigenvalue weighted by atomic mass is 16.2. The Labute approximate surface area is 191 Å². The van der Waals surface area contributed by atoms with E-state index in [9.17, 15) is 9.59 Å². The van der Waals surface area contributed by atoms with Crippen molar-refractivity contribution in [1.29, 1.82) is 0 Å². The summed E-state index contributed by atoms with van der Waals surface area (Å²) in [6, 6.07) is -0.641. The molecule has 0 spiro atoms. The summed E-state index contributed by atoms with van der Waals surface area (Å²) in [5, 5.41) is 7.53. The number of aromatic amines is 1. The molecular weight excluding hydrogens is 420 g/mol. The maximum Gasteiger partial charge on any atom is 0.255 e. The molecule has 3 aromatic heterocycles. The van der Waals surface area contributed by atoms with E-state index in [1.165, 1.54) is 11.3 Å². The third-order valence-corrected chi connectivity index (χ3v) is 6.78. The number of nitrogens with zero attached hydrogens (tertiary/aromatic N) is 5. The summed E-state index contributed by atoms with van der Waals surface area (Å²) in [4.78, 5) is 39.4. The van der Waals surface area contributed by atoms with E-state index in [0.29, 0.717) is 35.5 Å². The van der Waals surface area contributed by atoms with Gasteiger partial charge in [0.2, 0.25) is 5.91 Å². The Kier molecular flexibility index (Phi) is 5.00. The fourth-order valence-corrected chi connectivity index (χ4v) is 4.81. The number of likely N-dealkylation sites (tertiary alicyclic amines) is 1. The van der Waals surface area contributed by atoms with Crippen molar-refractivity contribution < 1.29 is 9.59 Å². The first-order valence-electron chi connectivity index (χ1n) is 11.4. The molecule has 174 valence electrons. The molecule has 2 aliphatic rings. The van der Waals surface area contributed by atoms with Crippen LogP contribution in [0, 0.1) is 5.41 Å². The van der Waals surface area contributed by atoms with Gasteiger partial charge in [0.25, 0.3) is 5.91 Å². The van der Waals surface area contributed by atoms with Crippen LogP contribution in [0.15, 0.2) is 12.4 Å². The largest absolute Gasteiger partial charge is 0.344 e. The second-order valence-electron chi connectivity index (χ2n) is 10.1. The SMILES string of the molecule is C[C@@H](NC(=O)c1c[nH]c2ncc(-c3nn(C)c4c3CC(C)(C)CC4)nc12)C(=O)N1CC(N)C1. The Morgan fingerprint density at radius 3 is 2.82 bits per heavy atom. The molecule has 0 unspecified atom stereocenters. The van der Waals surface area contributed by atoms with E-state index >= 15 is 0 Å². The molecule has 0 aromatic carbocycles. The van der Waals surface area contributed by atoms with Gasteiger partial charge in [-0.25, -0.2) is 9.97 Å². The summed E-state index contributed by atoms with van der Waals surface area (Å²) < 4.78 is 1.94. The lowest BCUT2D eigenvalue weighted by atomic mass is 9.75. The summed E-state index contributed by atoms with van der Waals surface area (Å²) in [6.45, 7) is 7.26. The highest BCUT2D eigenvalue weighted by molar-refractivity contribution is 6.06. The lowest BCUT2D eigenvalue weighted by Crippen LogP contribution is -2.61. The molecule has 10 heteroatoms. The monoisotopic (exact) mass is 450 g/mol. The topological polar surface area (TPSA) is 135 Å². The number of H-pyrrole nitrogens is 1. The van der Waals surface area contributed by atoms with Gasteiger partial charge < -0.3 is 20.9 Å². The van der Waals surface area contributed by atoms with E-state index < -0.39 is 6.04 Å². The highest BCUT2D eigenvalue weighted by Crippen LogP contribution is 2.38. The molecule has 2 amide bonds. The summed E-state index contributed by atoms with van der Waals surface area (Å²) in [6.07, 6.45) is 6.30. The Bertz CT molecular complexity index is 1250. The number of hydrogen-bond donors (Lipinski definition) is 3. The number of hydrogen-bond acceptors (Lipinski definition) is 6. The van der Waals surface area contributed by atoms with E-state index in [4.69, 9.17) is 15.8 Å². The van der Waals surface area contributed by atoms with Gasteiger partial charge in [-0.2, -0.15) is 5.10 Å². The van der Waals surface area contributed by atoms with Crippen molar-refractivity contribution in [2.24, 2.45) is 18.2 Å². The van der Waals surface area contributed by atoms with Gasteiger partial charge in [0, 0.05) is 43.6 Å². The van der Waals surface area contributed by atoms with Crippen molar-refractivity contribution in [3.8, 4) is 11.4 Å². The van der Waals surface area contributed by atoms with Gasteiger partial charge in [0.1, 0.15) is 22.9 Å². The fourth-order valence-electron chi connectivity index (χ4n) is 4.81. The molecule has 10 nitrogen and oxygen atoms in total. The molecule has 1 atom stereocenters. The van der Waals surface area contributed by atoms with Crippen LogP contribution >= 0.6 is 0 Å². The van der Waals surface area contributed by atoms with Gasteiger partial charge in [0.15, 0.2) is 5.65 Å². The third-order valence-electron chi connectivity index (χ3n) is 6.78.